The Balaban J connectivity index is 1.40. The molecule has 2 heterocycles. The fourth-order valence-corrected chi connectivity index (χ4v) is 6.64. The lowest BCUT2D eigenvalue weighted by Gasteiger charge is -2.21. The van der Waals surface area contributed by atoms with Crippen molar-refractivity contribution >= 4 is 39.7 Å². The first-order valence-corrected chi connectivity index (χ1v) is 14.0. The maximum Gasteiger partial charge on any atom is 0.235 e. The molecule has 184 valence electrons. The number of aromatic nitrogens is 3. The number of thiophene rings is 1. The third-order valence-corrected chi connectivity index (χ3v) is 8.92. The van der Waals surface area contributed by atoms with Crippen molar-refractivity contribution in [3.63, 3.8) is 0 Å². The summed E-state index contributed by atoms with van der Waals surface area (Å²) in [5, 5.41) is 22.7. The van der Waals surface area contributed by atoms with E-state index >= 15 is 0 Å². The van der Waals surface area contributed by atoms with E-state index in [0.717, 1.165) is 55.7 Å². The van der Waals surface area contributed by atoms with Gasteiger partial charge in [-0.15, -0.1) is 21.5 Å². The number of fused-ring (bicyclic) bond motifs is 1. The van der Waals surface area contributed by atoms with Gasteiger partial charge >= 0.3 is 0 Å². The summed E-state index contributed by atoms with van der Waals surface area (Å²) in [5.41, 5.74) is 3.95. The van der Waals surface area contributed by atoms with E-state index in [1.54, 1.807) is 11.3 Å². The molecular weight excluding hydrogens is 476 g/mol. The maximum absolute atomic E-state index is 12.7. The smallest absolute Gasteiger partial charge is 0.235 e. The largest absolute Gasteiger partial charge is 0.372 e. The summed E-state index contributed by atoms with van der Waals surface area (Å²) in [6.07, 6.45) is 4.20. The lowest BCUT2D eigenvalue weighted by atomic mass is 9.86. The SMILES string of the molecule is CCC1CCc2c(sc(NC(=O)CSc3nnc(-c4ccc(N(CC)CC)cc4)n3C)c2C#N)C1. The topological polar surface area (TPSA) is 86.8 Å². The standard InChI is InChI=1S/C26H32N6OS2/c1-5-17-8-13-20-21(15-27)25(35-22(20)14-17)28-23(33)16-34-26-30-29-24(31(26)4)18-9-11-19(12-10-18)32(6-2)7-3/h9-12,17H,5-8,13-14,16H2,1-4H3,(H,28,33). The van der Waals surface area contributed by atoms with Gasteiger partial charge in [0.25, 0.3) is 0 Å². The third kappa shape index (κ3) is 5.39. The average Bonchev–Trinajstić information content (AvgIpc) is 3.42. The highest BCUT2D eigenvalue weighted by Gasteiger charge is 2.26. The molecule has 1 atom stereocenters. The summed E-state index contributed by atoms with van der Waals surface area (Å²) in [6.45, 7) is 8.44. The van der Waals surface area contributed by atoms with E-state index in [1.165, 1.54) is 22.3 Å². The molecule has 0 fully saturated rings. The van der Waals surface area contributed by atoms with Gasteiger partial charge in [0.1, 0.15) is 11.1 Å². The highest BCUT2D eigenvalue weighted by atomic mass is 32.2. The van der Waals surface area contributed by atoms with Crippen molar-refractivity contribution in [2.24, 2.45) is 13.0 Å². The van der Waals surface area contributed by atoms with Crippen LogP contribution in [0, 0.1) is 17.2 Å². The van der Waals surface area contributed by atoms with Gasteiger partial charge in [-0.3, -0.25) is 4.79 Å². The molecule has 4 rings (SSSR count). The van der Waals surface area contributed by atoms with Crippen LogP contribution in [-0.4, -0.2) is 39.5 Å². The van der Waals surface area contributed by atoms with Crippen molar-refractivity contribution < 1.29 is 4.79 Å². The average molecular weight is 509 g/mol. The number of carbonyl (C=O) groups excluding carboxylic acids is 1. The number of amides is 1. The van der Waals surface area contributed by atoms with Gasteiger partial charge in [-0.25, -0.2) is 0 Å². The monoisotopic (exact) mass is 508 g/mol. The molecule has 7 nitrogen and oxygen atoms in total. The van der Waals surface area contributed by atoms with E-state index in [-0.39, 0.29) is 11.7 Å². The number of anilines is 2. The van der Waals surface area contributed by atoms with Crippen LogP contribution in [0.4, 0.5) is 10.7 Å². The van der Waals surface area contributed by atoms with Crippen LogP contribution < -0.4 is 10.2 Å². The molecule has 1 amide bonds. The van der Waals surface area contributed by atoms with Crippen molar-refractivity contribution in [2.75, 3.05) is 29.1 Å². The van der Waals surface area contributed by atoms with Crippen molar-refractivity contribution in [2.45, 2.75) is 51.6 Å². The number of hydrogen-bond donors (Lipinski definition) is 1. The molecule has 2 aromatic heterocycles. The minimum absolute atomic E-state index is 0.134. The van der Waals surface area contributed by atoms with Crippen molar-refractivity contribution in [3.05, 3.63) is 40.3 Å². The Kier molecular flexibility index (Phi) is 8.14. The van der Waals surface area contributed by atoms with Crippen LogP contribution in [0.2, 0.25) is 0 Å². The van der Waals surface area contributed by atoms with Gasteiger partial charge in [-0.05, 0) is 68.9 Å². The summed E-state index contributed by atoms with van der Waals surface area (Å²) in [6, 6.07) is 10.7. The van der Waals surface area contributed by atoms with Gasteiger partial charge in [-0.2, -0.15) is 5.26 Å². The number of nitrogens with one attached hydrogen (secondary N) is 1. The summed E-state index contributed by atoms with van der Waals surface area (Å²) in [7, 11) is 1.92. The van der Waals surface area contributed by atoms with E-state index in [9.17, 15) is 10.1 Å². The molecule has 0 radical (unpaired) electrons. The Morgan fingerprint density at radius 1 is 1.26 bits per heavy atom. The molecule has 0 bridgehead atoms. The second-order valence-electron chi connectivity index (χ2n) is 8.76. The first-order chi connectivity index (χ1) is 17.0. The Hall–Kier alpha value is -2.83. The zero-order valence-electron chi connectivity index (χ0n) is 20.8. The molecule has 3 aromatic rings. The minimum Gasteiger partial charge on any atom is -0.372 e. The summed E-state index contributed by atoms with van der Waals surface area (Å²) in [5.74, 6) is 1.51. The van der Waals surface area contributed by atoms with E-state index in [1.807, 2.05) is 11.6 Å². The van der Waals surface area contributed by atoms with Crippen LogP contribution in [-0.2, 0) is 24.7 Å². The fraction of sp³-hybridized carbons (Fsp3) is 0.462. The van der Waals surface area contributed by atoms with E-state index < -0.39 is 0 Å². The number of nitrogens with zero attached hydrogens (tertiary/aromatic N) is 5. The summed E-state index contributed by atoms with van der Waals surface area (Å²) < 4.78 is 1.92. The minimum atomic E-state index is -0.134. The number of hydrogen-bond acceptors (Lipinski definition) is 7. The van der Waals surface area contributed by atoms with E-state index in [4.69, 9.17) is 0 Å². The zero-order valence-corrected chi connectivity index (χ0v) is 22.4. The second-order valence-corrected chi connectivity index (χ2v) is 10.8. The Morgan fingerprint density at radius 2 is 2.00 bits per heavy atom. The van der Waals surface area contributed by atoms with E-state index in [2.05, 4.69) is 71.5 Å². The second kappa shape index (κ2) is 11.3. The molecule has 1 N–H and O–H groups in total. The van der Waals surface area contributed by atoms with E-state index in [0.29, 0.717) is 21.6 Å². The molecular formula is C26H32N6OS2. The molecule has 35 heavy (non-hydrogen) atoms. The highest BCUT2D eigenvalue weighted by molar-refractivity contribution is 7.99. The van der Waals surface area contributed by atoms with Gasteiger partial charge in [0.2, 0.25) is 5.91 Å². The lowest BCUT2D eigenvalue weighted by molar-refractivity contribution is -0.113. The van der Waals surface area contributed by atoms with Crippen molar-refractivity contribution in [1.29, 1.82) is 5.26 Å². The Bertz CT molecular complexity index is 1220. The molecule has 0 spiro atoms. The van der Waals surface area contributed by atoms with Gasteiger partial charge in [0.15, 0.2) is 11.0 Å². The van der Waals surface area contributed by atoms with Crippen molar-refractivity contribution in [1.82, 2.24) is 14.8 Å². The normalized spacial score (nSPS) is 14.9. The molecule has 0 saturated carbocycles. The van der Waals surface area contributed by atoms with Gasteiger partial charge < -0.3 is 14.8 Å². The number of thioether (sulfide) groups is 1. The number of rotatable bonds is 9. The number of nitriles is 1. The predicted molar refractivity (Wildman–Crippen MR) is 144 cm³/mol. The fourth-order valence-electron chi connectivity index (χ4n) is 4.60. The first kappa shape index (κ1) is 25.3. The molecule has 0 aliphatic heterocycles. The summed E-state index contributed by atoms with van der Waals surface area (Å²) >= 11 is 2.91. The molecule has 0 saturated heterocycles. The van der Waals surface area contributed by atoms with Gasteiger partial charge in [-0.1, -0.05) is 25.1 Å². The zero-order chi connectivity index (χ0) is 24.9. The summed E-state index contributed by atoms with van der Waals surface area (Å²) in [4.78, 5) is 16.3. The predicted octanol–water partition coefficient (Wildman–Crippen LogP) is 5.51. The molecule has 1 aliphatic carbocycles. The van der Waals surface area contributed by atoms with Crippen LogP contribution in [0.3, 0.4) is 0 Å². The molecule has 1 unspecified atom stereocenters. The molecule has 1 aromatic carbocycles. The number of benzene rings is 1. The Morgan fingerprint density at radius 3 is 2.66 bits per heavy atom. The van der Waals surface area contributed by atoms with Gasteiger partial charge in [0, 0.05) is 36.3 Å². The van der Waals surface area contributed by atoms with Crippen molar-refractivity contribution in [3.8, 4) is 17.5 Å². The molecule has 9 heteroatoms. The maximum atomic E-state index is 12.7. The van der Waals surface area contributed by atoms with Gasteiger partial charge in [0.05, 0.1) is 11.3 Å². The quantitative estimate of drug-likeness (QED) is 0.384. The van der Waals surface area contributed by atoms with Crippen LogP contribution in [0.1, 0.15) is 49.6 Å². The van der Waals surface area contributed by atoms with Crippen LogP contribution >= 0.6 is 23.1 Å². The van der Waals surface area contributed by atoms with Crippen LogP contribution in [0.15, 0.2) is 29.4 Å². The first-order valence-electron chi connectivity index (χ1n) is 12.2. The van der Waals surface area contributed by atoms with Crippen LogP contribution in [0.25, 0.3) is 11.4 Å². The lowest BCUT2D eigenvalue weighted by Crippen LogP contribution is -2.21. The third-order valence-electron chi connectivity index (χ3n) is 6.73. The van der Waals surface area contributed by atoms with Crippen LogP contribution in [0.5, 0.6) is 0 Å². The number of carbonyl (C=O) groups is 1. The molecule has 1 aliphatic rings. The Labute approximate surface area is 215 Å². The highest BCUT2D eigenvalue weighted by Crippen LogP contribution is 2.40.